The number of nitrogens with zero attached hydrogens (tertiary/aromatic N) is 4. The highest BCUT2D eigenvalue weighted by atomic mass is 32.2. The molecule has 34 heavy (non-hydrogen) atoms. The van der Waals surface area contributed by atoms with E-state index in [9.17, 15) is 9.59 Å². The molecule has 8 nitrogen and oxygen atoms in total. The Morgan fingerprint density at radius 3 is 2.65 bits per heavy atom. The fourth-order valence-corrected chi connectivity index (χ4v) is 6.42. The molecule has 0 unspecified atom stereocenters. The van der Waals surface area contributed by atoms with Crippen LogP contribution >= 0.6 is 23.1 Å². The Kier molecular flexibility index (Phi) is 5.99. The first-order valence-corrected chi connectivity index (χ1v) is 12.9. The second-order valence-corrected chi connectivity index (χ2v) is 11.3. The van der Waals surface area contributed by atoms with Crippen molar-refractivity contribution in [3.63, 3.8) is 0 Å². The number of benzene rings is 1. The number of thioether (sulfide) groups is 1. The van der Waals surface area contributed by atoms with Gasteiger partial charge in [0.05, 0.1) is 30.9 Å². The van der Waals surface area contributed by atoms with Crippen LogP contribution in [0, 0.1) is 12.8 Å². The van der Waals surface area contributed by atoms with Crippen molar-refractivity contribution in [2.45, 2.75) is 57.2 Å². The van der Waals surface area contributed by atoms with Crippen molar-refractivity contribution in [3.05, 3.63) is 50.6 Å². The zero-order valence-electron chi connectivity index (χ0n) is 19.7. The summed E-state index contributed by atoms with van der Waals surface area (Å²) in [6, 6.07) is 7.78. The Morgan fingerprint density at radius 1 is 1.24 bits per heavy atom. The maximum absolute atomic E-state index is 14.0. The molecular formula is C24H26N4O4S2. The number of hydrogen-bond acceptors (Lipinski definition) is 8. The molecule has 0 bridgehead atoms. The summed E-state index contributed by atoms with van der Waals surface area (Å²) >= 11 is 2.80. The number of carbonyl (C=O) groups is 1. The van der Waals surface area contributed by atoms with Crippen LogP contribution in [0.5, 0.6) is 0 Å². The first-order chi connectivity index (χ1) is 16.3. The molecule has 0 aliphatic carbocycles. The first-order valence-electron chi connectivity index (χ1n) is 11.2. The monoisotopic (exact) mass is 498 g/mol. The summed E-state index contributed by atoms with van der Waals surface area (Å²) in [7, 11) is 1.37. The zero-order chi connectivity index (χ0) is 24.1. The minimum Gasteiger partial charge on any atom is -0.468 e. The van der Waals surface area contributed by atoms with Gasteiger partial charge in [0, 0.05) is 11.3 Å². The summed E-state index contributed by atoms with van der Waals surface area (Å²) in [4.78, 5) is 27.9. The molecule has 10 heteroatoms. The van der Waals surface area contributed by atoms with Gasteiger partial charge in [-0.3, -0.25) is 9.59 Å². The molecule has 0 radical (unpaired) electrons. The van der Waals surface area contributed by atoms with Gasteiger partial charge in [0.2, 0.25) is 5.78 Å². The molecule has 1 aliphatic rings. The van der Waals surface area contributed by atoms with Gasteiger partial charge in [0.1, 0.15) is 10.1 Å². The lowest BCUT2D eigenvalue weighted by Gasteiger charge is -2.26. The SMILES string of the molecule is COC(=O)[C@H](C)Sc1nnc2n(-c3ccc(C)cc3)c(=O)c3c4c(sc3n12)CO[C@H](C(C)C)C4. The van der Waals surface area contributed by atoms with Gasteiger partial charge in [-0.05, 0) is 37.5 Å². The van der Waals surface area contributed by atoms with Crippen LogP contribution in [0.2, 0.25) is 0 Å². The predicted molar refractivity (Wildman–Crippen MR) is 133 cm³/mol. The summed E-state index contributed by atoms with van der Waals surface area (Å²) in [5, 5.41) is 9.51. The van der Waals surface area contributed by atoms with Gasteiger partial charge < -0.3 is 9.47 Å². The lowest BCUT2D eigenvalue weighted by molar-refractivity contribution is -0.139. The zero-order valence-corrected chi connectivity index (χ0v) is 21.3. The number of thiophene rings is 1. The molecule has 0 spiro atoms. The number of rotatable bonds is 5. The van der Waals surface area contributed by atoms with E-state index in [-0.39, 0.29) is 17.6 Å². The van der Waals surface area contributed by atoms with Gasteiger partial charge in [-0.25, -0.2) is 8.97 Å². The Hall–Kier alpha value is -2.69. The van der Waals surface area contributed by atoms with Crippen molar-refractivity contribution in [1.82, 2.24) is 19.2 Å². The van der Waals surface area contributed by atoms with Crippen LogP contribution in [0.1, 0.15) is 36.8 Å². The Morgan fingerprint density at radius 2 is 1.97 bits per heavy atom. The van der Waals surface area contributed by atoms with Crippen LogP contribution in [-0.4, -0.2) is 43.6 Å². The van der Waals surface area contributed by atoms with Gasteiger partial charge in [-0.1, -0.05) is 43.3 Å². The largest absolute Gasteiger partial charge is 0.468 e. The number of carbonyl (C=O) groups excluding carboxylic acids is 1. The van der Waals surface area contributed by atoms with E-state index in [1.165, 1.54) is 30.2 Å². The minimum atomic E-state index is -0.476. The maximum Gasteiger partial charge on any atom is 0.318 e. The fourth-order valence-electron chi connectivity index (χ4n) is 4.24. The second-order valence-electron chi connectivity index (χ2n) is 8.86. The number of esters is 1. The summed E-state index contributed by atoms with van der Waals surface area (Å²) in [5.74, 6) is 0.414. The topological polar surface area (TPSA) is 87.7 Å². The smallest absolute Gasteiger partial charge is 0.318 e. The third kappa shape index (κ3) is 3.73. The highest BCUT2D eigenvalue weighted by molar-refractivity contribution is 8.00. The van der Waals surface area contributed by atoms with E-state index < -0.39 is 5.25 Å². The van der Waals surface area contributed by atoms with Crippen molar-refractivity contribution >= 4 is 45.1 Å². The van der Waals surface area contributed by atoms with Crippen LogP contribution in [-0.2, 0) is 27.3 Å². The summed E-state index contributed by atoms with van der Waals surface area (Å²) < 4.78 is 14.5. The minimum absolute atomic E-state index is 0.0577. The van der Waals surface area contributed by atoms with Crippen molar-refractivity contribution in [2.24, 2.45) is 5.92 Å². The van der Waals surface area contributed by atoms with Gasteiger partial charge in [0.25, 0.3) is 5.56 Å². The van der Waals surface area contributed by atoms with E-state index in [1.807, 2.05) is 35.6 Å². The van der Waals surface area contributed by atoms with Crippen LogP contribution in [0.3, 0.4) is 0 Å². The molecule has 4 aromatic rings. The summed E-state index contributed by atoms with van der Waals surface area (Å²) in [6.45, 7) is 8.52. The maximum atomic E-state index is 14.0. The third-order valence-corrected chi connectivity index (χ3v) is 8.41. The molecule has 0 fully saturated rings. The average Bonchev–Trinajstić information content (AvgIpc) is 3.40. The van der Waals surface area contributed by atoms with Crippen molar-refractivity contribution in [1.29, 1.82) is 0 Å². The molecule has 1 aliphatic heterocycles. The Bertz CT molecular complexity index is 1450. The molecule has 4 heterocycles. The number of methoxy groups -OCH3 is 1. The molecule has 0 N–H and O–H groups in total. The Balaban J connectivity index is 1.81. The van der Waals surface area contributed by atoms with Crippen molar-refractivity contribution in [3.8, 4) is 5.69 Å². The van der Waals surface area contributed by atoms with E-state index in [0.717, 1.165) is 26.5 Å². The average molecular weight is 499 g/mol. The molecular weight excluding hydrogens is 472 g/mol. The van der Waals surface area contributed by atoms with E-state index in [1.54, 1.807) is 11.5 Å². The van der Waals surface area contributed by atoms with Crippen LogP contribution in [0.4, 0.5) is 0 Å². The number of ether oxygens (including phenoxy) is 2. The molecule has 3 aromatic heterocycles. The van der Waals surface area contributed by atoms with Crippen LogP contribution in [0.25, 0.3) is 21.7 Å². The number of aromatic nitrogens is 4. The number of aryl methyl sites for hydroxylation is 1. The van der Waals surface area contributed by atoms with Gasteiger partial charge in [-0.2, -0.15) is 0 Å². The third-order valence-electron chi connectivity index (χ3n) is 6.19. The molecule has 0 saturated heterocycles. The van der Waals surface area contributed by atoms with E-state index in [4.69, 9.17) is 9.47 Å². The highest BCUT2D eigenvalue weighted by Crippen LogP contribution is 2.38. The van der Waals surface area contributed by atoms with Crippen LogP contribution < -0.4 is 5.56 Å². The van der Waals surface area contributed by atoms with Gasteiger partial charge in [0.15, 0.2) is 5.16 Å². The normalized spacial score (nSPS) is 16.8. The second kappa shape index (κ2) is 8.83. The molecule has 5 rings (SSSR count). The summed E-state index contributed by atoms with van der Waals surface area (Å²) in [6.07, 6.45) is 0.743. The van der Waals surface area contributed by atoms with E-state index in [0.29, 0.717) is 35.3 Å². The van der Waals surface area contributed by atoms with Crippen molar-refractivity contribution in [2.75, 3.05) is 7.11 Å². The van der Waals surface area contributed by atoms with Gasteiger partial charge in [-0.15, -0.1) is 21.5 Å². The molecule has 1 aromatic carbocycles. The lowest BCUT2D eigenvalue weighted by Crippen LogP contribution is -2.28. The predicted octanol–water partition coefficient (Wildman–Crippen LogP) is 4.15. The molecule has 2 atom stereocenters. The lowest BCUT2D eigenvalue weighted by atomic mass is 9.96. The highest BCUT2D eigenvalue weighted by Gasteiger charge is 2.30. The number of fused-ring (bicyclic) bond motifs is 5. The first kappa shape index (κ1) is 23.1. The van der Waals surface area contributed by atoms with Gasteiger partial charge >= 0.3 is 5.97 Å². The quantitative estimate of drug-likeness (QED) is 0.302. The summed E-state index contributed by atoms with van der Waals surface area (Å²) in [5.41, 5.74) is 2.75. The molecule has 0 amide bonds. The molecule has 178 valence electrons. The van der Waals surface area contributed by atoms with Crippen LogP contribution in [0.15, 0.2) is 34.2 Å². The fraction of sp³-hybridized carbons (Fsp3) is 0.417. The van der Waals surface area contributed by atoms with Crippen molar-refractivity contribution < 1.29 is 14.3 Å². The molecule has 0 saturated carbocycles. The van der Waals surface area contributed by atoms with E-state index in [2.05, 4.69) is 24.0 Å². The standard InChI is InChI=1S/C24H26N4O4S2/c1-12(2)17-10-16-18(11-32-17)34-21-19(16)20(29)27(15-8-6-13(3)7-9-15)23-25-26-24(28(21)23)33-14(4)22(30)31-5/h6-9,12,14,17H,10-11H2,1-5H3/t14-,17-/m0/s1. The Labute approximate surface area is 204 Å². The number of hydrogen-bond donors (Lipinski definition) is 0. The van der Waals surface area contributed by atoms with E-state index >= 15 is 0 Å².